The number of nitro benzene ring substituents is 1. The Morgan fingerprint density at radius 2 is 1.84 bits per heavy atom. The average Bonchev–Trinajstić information content (AvgIpc) is 3.05. The SMILES string of the molecule is Cc1cc(C(=O)Cn2cnc3cc([N+](=O)[O-])ccc3c2=O)c(C)n1Cc1ccc(F)cc1. The molecule has 9 heteroatoms. The molecule has 2 aromatic carbocycles. The summed E-state index contributed by atoms with van der Waals surface area (Å²) in [5.74, 6) is -0.566. The summed E-state index contributed by atoms with van der Waals surface area (Å²) in [6.45, 7) is 3.98. The van der Waals surface area contributed by atoms with Gasteiger partial charge in [-0.2, -0.15) is 0 Å². The van der Waals surface area contributed by atoms with Gasteiger partial charge in [-0.05, 0) is 43.7 Å². The van der Waals surface area contributed by atoms with Crippen molar-refractivity contribution < 1.29 is 14.1 Å². The zero-order valence-corrected chi connectivity index (χ0v) is 17.4. The van der Waals surface area contributed by atoms with Gasteiger partial charge in [0.2, 0.25) is 0 Å². The molecule has 8 nitrogen and oxygen atoms in total. The zero-order valence-electron chi connectivity index (χ0n) is 17.4. The molecule has 0 fully saturated rings. The summed E-state index contributed by atoms with van der Waals surface area (Å²) < 4.78 is 16.3. The smallest absolute Gasteiger partial charge is 0.271 e. The molecule has 0 saturated carbocycles. The van der Waals surface area contributed by atoms with Crippen LogP contribution in [0, 0.1) is 29.8 Å². The highest BCUT2D eigenvalue weighted by Gasteiger charge is 2.18. The second-order valence-electron chi connectivity index (χ2n) is 7.56. The van der Waals surface area contributed by atoms with E-state index in [4.69, 9.17) is 0 Å². The Labute approximate surface area is 181 Å². The van der Waals surface area contributed by atoms with Crippen LogP contribution in [0.5, 0.6) is 0 Å². The fraction of sp³-hybridized carbons (Fsp3) is 0.174. The second-order valence-corrected chi connectivity index (χ2v) is 7.56. The number of benzene rings is 2. The van der Waals surface area contributed by atoms with Gasteiger partial charge in [0, 0.05) is 35.6 Å². The minimum Gasteiger partial charge on any atom is -0.344 e. The molecule has 0 aliphatic carbocycles. The lowest BCUT2D eigenvalue weighted by Gasteiger charge is -2.10. The number of Topliss-reactive ketones (excluding diaryl/α,β-unsaturated/α-hetero) is 1. The van der Waals surface area contributed by atoms with E-state index in [9.17, 15) is 24.1 Å². The van der Waals surface area contributed by atoms with Crippen molar-refractivity contribution >= 4 is 22.4 Å². The summed E-state index contributed by atoms with van der Waals surface area (Å²) in [5.41, 5.74) is 2.59. The number of rotatable bonds is 6. The van der Waals surface area contributed by atoms with E-state index >= 15 is 0 Å². The molecular formula is C23H19FN4O4. The van der Waals surface area contributed by atoms with Gasteiger partial charge in [-0.1, -0.05) is 12.1 Å². The number of hydrogen-bond acceptors (Lipinski definition) is 5. The van der Waals surface area contributed by atoms with Crippen LogP contribution >= 0.6 is 0 Å². The predicted molar refractivity (Wildman–Crippen MR) is 116 cm³/mol. The van der Waals surface area contributed by atoms with Gasteiger partial charge in [-0.25, -0.2) is 9.37 Å². The third-order valence-corrected chi connectivity index (χ3v) is 5.46. The van der Waals surface area contributed by atoms with Crippen LogP contribution in [0.3, 0.4) is 0 Å². The highest BCUT2D eigenvalue weighted by atomic mass is 19.1. The summed E-state index contributed by atoms with van der Waals surface area (Å²) in [6, 6.07) is 11.8. The van der Waals surface area contributed by atoms with Crippen molar-refractivity contribution in [3.63, 3.8) is 0 Å². The van der Waals surface area contributed by atoms with E-state index in [1.165, 1.54) is 41.2 Å². The number of fused-ring (bicyclic) bond motifs is 1. The van der Waals surface area contributed by atoms with Crippen molar-refractivity contribution in [2.24, 2.45) is 0 Å². The summed E-state index contributed by atoms with van der Waals surface area (Å²) in [7, 11) is 0. The Bertz CT molecular complexity index is 1420. The Morgan fingerprint density at radius 3 is 2.53 bits per heavy atom. The molecule has 4 rings (SSSR count). The average molecular weight is 434 g/mol. The Morgan fingerprint density at radius 1 is 1.12 bits per heavy atom. The molecule has 0 aliphatic heterocycles. The second kappa shape index (κ2) is 8.18. The molecule has 0 unspecified atom stereocenters. The zero-order chi connectivity index (χ0) is 23.0. The van der Waals surface area contributed by atoms with E-state index < -0.39 is 10.5 Å². The summed E-state index contributed by atoms with van der Waals surface area (Å²) in [6.07, 6.45) is 1.23. The fourth-order valence-corrected chi connectivity index (χ4v) is 3.71. The molecule has 0 aliphatic rings. The lowest BCUT2D eigenvalue weighted by molar-refractivity contribution is -0.384. The summed E-state index contributed by atoms with van der Waals surface area (Å²) >= 11 is 0. The van der Waals surface area contributed by atoms with Crippen molar-refractivity contribution in [3.05, 3.63) is 104 Å². The lowest BCUT2D eigenvalue weighted by Crippen LogP contribution is -2.25. The molecule has 4 aromatic rings. The van der Waals surface area contributed by atoms with E-state index in [0.29, 0.717) is 12.1 Å². The molecule has 2 aromatic heterocycles. The summed E-state index contributed by atoms with van der Waals surface area (Å²) in [5, 5.41) is 11.1. The number of ketones is 1. The van der Waals surface area contributed by atoms with E-state index in [0.717, 1.165) is 17.0 Å². The number of nitro groups is 1. The number of aryl methyl sites for hydroxylation is 1. The molecule has 32 heavy (non-hydrogen) atoms. The molecule has 0 amide bonds. The van der Waals surface area contributed by atoms with Gasteiger partial charge in [0.1, 0.15) is 5.82 Å². The maximum Gasteiger partial charge on any atom is 0.271 e. The van der Waals surface area contributed by atoms with Crippen molar-refractivity contribution in [1.29, 1.82) is 0 Å². The predicted octanol–water partition coefficient (Wildman–Crippen LogP) is 3.79. The van der Waals surface area contributed by atoms with Gasteiger partial charge in [-0.3, -0.25) is 24.3 Å². The molecule has 0 spiro atoms. The van der Waals surface area contributed by atoms with Crippen LogP contribution in [-0.2, 0) is 13.1 Å². The Balaban J connectivity index is 1.61. The number of carbonyl (C=O) groups excluding carboxylic acids is 1. The normalized spacial score (nSPS) is 11.1. The number of aromatic nitrogens is 3. The number of nitrogens with zero attached hydrogens (tertiary/aromatic N) is 4. The minimum atomic E-state index is -0.558. The number of carbonyl (C=O) groups is 1. The minimum absolute atomic E-state index is 0.160. The largest absolute Gasteiger partial charge is 0.344 e. The fourth-order valence-electron chi connectivity index (χ4n) is 3.71. The van der Waals surface area contributed by atoms with Crippen LogP contribution < -0.4 is 5.56 Å². The molecule has 0 saturated heterocycles. The number of halogens is 1. The van der Waals surface area contributed by atoms with E-state index in [1.807, 2.05) is 18.4 Å². The quantitative estimate of drug-likeness (QED) is 0.261. The molecule has 162 valence electrons. The van der Waals surface area contributed by atoms with Gasteiger partial charge in [-0.15, -0.1) is 0 Å². The maximum atomic E-state index is 13.2. The van der Waals surface area contributed by atoms with Gasteiger partial charge in [0.05, 0.1) is 28.7 Å². The molecule has 0 atom stereocenters. The van der Waals surface area contributed by atoms with Crippen molar-refractivity contribution in [1.82, 2.24) is 14.1 Å². The van der Waals surface area contributed by atoms with Crippen LogP contribution in [0.25, 0.3) is 10.9 Å². The first-order valence-electron chi connectivity index (χ1n) is 9.82. The first-order chi connectivity index (χ1) is 15.2. The van der Waals surface area contributed by atoms with E-state index in [-0.39, 0.29) is 34.7 Å². The first-order valence-corrected chi connectivity index (χ1v) is 9.82. The van der Waals surface area contributed by atoms with Crippen molar-refractivity contribution in [3.8, 4) is 0 Å². The molecule has 0 bridgehead atoms. The maximum absolute atomic E-state index is 13.2. The van der Waals surface area contributed by atoms with Gasteiger partial charge in [0.25, 0.3) is 11.2 Å². The van der Waals surface area contributed by atoms with Gasteiger partial charge >= 0.3 is 0 Å². The molecule has 2 heterocycles. The van der Waals surface area contributed by atoms with Crippen LogP contribution in [0.15, 0.2) is 59.7 Å². The van der Waals surface area contributed by atoms with Crippen LogP contribution in [0.1, 0.15) is 27.3 Å². The molecule has 0 N–H and O–H groups in total. The third kappa shape index (κ3) is 3.92. The molecule has 0 radical (unpaired) electrons. The van der Waals surface area contributed by atoms with Gasteiger partial charge < -0.3 is 4.57 Å². The van der Waals surface area contributed by atoms with Crippen LogP contribution in [-0.4, -0.2) is 24.8 Å². The van der Waals surface area contributed by atoms with Crippen molar-refractivity contribution in [2.45, 2.75) is 26.9 Å². The number of hydrogen-bond donors (Lipinski definition) is 0. The topological polar surface area (TPSA) is 100 Å². The van der Waals surface area contributed by atoms with Crippen LogP contribution in [0.2, 0.25) is 0 Å². The van der Waals surface area contributed by atoms with Crippen LogP contribution in [0.4, 0.5) is 10.1 Å². The lowest BCUT2D eigenvalue weighted by atomic mass is 10.1. The van der Waals surface area contributed by atoms with E-state index in [2.05, 4.69) is 4.98 Å². The highest BCUT2D eigenvalue weighted by molar-refractivity contribution is 5.97. The first kappa shape index (κ1) is 21.1. The molecular weight excluding hydrogens is 415 g/mol. The third-order valence-electron chi connectivity index (χ3n) is 5.46. The monoisotopic (exact) mass is 434 g/mol. The Hall–Kier alpha value is -4.14. The standard InChI is InChI=1S/C23H19FN4O4/c1-14-9-20(15(2)27(14)11-16-3-5-17(24)6-4-16)22(29)12-26-13-25-21-10-18(28(31)32)7-8-19(21)23(26)30/h3-10,13H,11-12H2,1-2H3. The van der Waals surface area contributed by atoms with Gasteiger partial charge in [0.15, 0.2) is 5.78 Å². The summed E-state index contributed by atoms with van der Waals surface area (Å²) in [4.78, 5) is 40.2. The highest BCUT2D eigenvalue weighted by Crippen LogP contribution is 2.19. The Kier molecular flexibility index (Phi) is 5.40. The van der Waals surface area contributed by atoms with Crippen molar-refractivity contribution in [2.75, 3.05) is 0 Å². The van der Waals surface area contributed by atoms with E-state index in [1.54, 1.807) is 18.2 Å². The number of non-ortho nitro benzene ring substituents is 1.